The number of aryl methyl sites for hydroxylation is 1. The molecule has 0 unspecified atom stereocenters. The second-order valence-electron chi connectivity index (χ2n) is 10.3. The van der Waals surface area contributed by atoms with Gasteiger partial charge in [-0.2, -0.15) is 0 Å². The van der Waals surface area contributed by atoms with Crippen molar-refractivity contribution >= 4 is 27.3 Å². The number of ether oxygens (including phenoxy) is 4. The van der Waals surface area contributed by atoms with Crippen LogP contribution in [-0.2, 0) is 24.8 Å². The quantitative estimate of drug-likeness (QED) is 0.165. The summed E-state index contributed by atoms with van der Waals surface area (Å²) >= 11 is 5.36. The minimum Gasteiger partial charge on any atom is -0.493 e. The third kappa shape index (κ3) is 6.19. The zero-order valence-electron chi connectivity index (χ0n) is 24.1. The minimum atomic E-state index is 0.0198. The lowest BCUT2D eigenvalue weighted by atomic mass is 9.62. The molecule has 1 fully saturated rings. The lowest BCUT2D eigenvalue weighted by Gasteiger charge is -2.43. The highest BCUT2D eigenvalue weighted by atomic mass is 79.9. The second-order valence-corrected chi connectivity index (χ2v) is 12.0. The summed E-state index contributed by atoms with van der Waals surface area (Å²) in [5, 5.41) is 2.34. The number of hydrogen-bond acceptors (Lipinski definition) is 6. The highest BCUT2D eigenvalue weighted by molar-refractivity contribution is 9.10. The van der Waals surface area contributed by atoms with Crippen LogP contribution in [0, 0.1) is 0 Å². The van der Waals surface area contributed by atoms with Crippen LogP contribution in [0.3, 0.4) is 0 Å². The molecule has 0 radical (unpaired) electrons. The molecule has 0 amide bonds. The molecule has 0 aliphatic heterocycles. The third-order valence-corrected chi connectivity index (χ3v) is 9.49. The van der Waals surface area contributed by atoms with E-state index in [-0.39, 0.29) is 5.41 Å². The molecule has 4 aromatic rings. The first-order valence-corrected chi connectivity index (χ1v) is 15.6. The van der Waals surface area contributed by atoms with E-state index in [1.807, 2.05) is 18.2 Å². The van der Waals surface area contributed by atoms with Gasteiger partial charge >= 0.3 is 0 Å². The SMILES string of the molecule is COc1ccc(CCN=c2scc(C3(c4ccc(Br)cc4)CCC3)n2CCc2ccc(OC)c(OC)c2)cc1OC. The molecule has 1 aromatic heterocycles. The van der Waals surface area contributed by atoms with E-state index < -0.39 is 0 Å². The van der Waals surface area contributed by atoms with Gasteiger partial charge in [-0.3, -0.25) is 4.99 Å². The van der Waals surface area contributed by atoms with Crippen LogP contribution >= 0.6 is 27.3 Å². The molecular formula is C33H37BrN2O4S. The molecule has 0 bridgehead atoms. The number of benzene rings is 3. The lowest BCUT2D eigenvalue weighted by Crippen LogP contribution is -2.39. The monoisotopic (exact) mass is 636 g/mol. The van der Waals surface area contributed by atoms with Crippen LogP contribution in [0.15, 0.2) is 75.5 Å². The second kappa shape index (κ2) is 13.2. The standard InChI is InChI=1S/C33H37BrN2O4S/c1-37-27-12-6-23(20-29(27)39-3)14-18-35-32-36(19-15-24-7-13-28(38-2)30(21-24)40-4)31(22-41-32)33(16-5-17-33)25-8-10-26(34)11-9-25/h6-13,20-22H,5,14-19H2,1-4H3. The Kier molecular flexibility index (Phi) is 9.40. The van der Waals surface area contributed by atoms with Gasteiger partial charge in [0.05, 0.1) is 28.4 Å². The summed E-state index contributed by atoms with van der Waals surface area (Å²) in [6.07, 6.45) is 5.21. The summed E-state index contributed by atoms with van der Waals surface area (Å²) in [6.45, 7) is 1.53. The number of thiazole rings is 1. The summed E-state index contributed by atoms with van der Waals surface area (Å²) in [7, 11) is 6.68. The molecule has 6 nitrogen and oxygen atoms in total. The Labute approximate surface area is 254 Å². The first kappa shape index (κ1) is 29.3. The molecule has 3 aromatic carbocycles. The Morgan fingerprint density at radius 2 is 1.37 bits per heavy atom. The number of rotatable bonds is 12. The van der Waals surface area contributed by atoms with Crippen molar-refractivity contribution in [1.82, 2.24) is 4.57 Å². The van der Waals surface area contributed by atoms with Crippen molar-refractivity contribution < 1.29 is 18.9 Å². The van der Waals surface area contributed by atoms with Crippen LogP contribution in [0.1, 0.15) is 41.6 Å². The van der Waals surface area contributed by atoms with Crippen LogP contribution in [-0.4, -0.2) is 39.6 Å². The molecule has 0 spiro atoms. The maximum Gasteiger partial charge on any atom is 0.184 e. The molecule has 8 heteroatoms. The fourth-order valence-corrected chi connectivity index (χ4v) is 6.95. The zero-order chi connectivity index (χ0) is 28.8. The van der Waals surface area contributed by atoms with Crippen LogP contribution in [0.2, 0.25) is 0 Å². The summed E-state index contributed by atoms with van der Waals surface area (Å²) in [5.74, 6) is 2.98. The molecule has 0 N–H and O–H groups in total. The smallest absolute Gasteiger partial charge is 0.184 e. The number of halogens is 1. The highest BCUT2D eigenvalue weighted by Gasteiger charge is 2.42. The predicted molar refractivity (Wildman–Crippen MR) is 168 cm³/mol. The van der Waals surface area contributed by atoms with Crippen LogP contribution in [0.5, 0.6) is 23.0 Å². The van der Waals surface area contributed by atoms with E-state index in [1.165, 1.54) is 28.8 Å². The average molecular weight is 638 g/mol. The summed E-state index contributed by atoms with van der Waals surface area (Å²) in [4.78, 5) is 6.19. The number of methoxy groups -OCH3 is 4. The van der Waals surface area contributed by atoms with E-state index in [9.17, 15) is 0 Å². The molecular weight excluding hydrogens is 600 g/mol. The third-order valence-electron chi connectivity index (χ3n) is 8.06. The van der Waals surface area contributed by atoms with Gasteiger partial charge in [-0.1, -0.05) is 46.6 Å². The Morgan fingerprint density at radius 3 is 1.90 bits per heavy atom. The molecule has 5 rings (SSSR count). The van der Waals surface area contributed by atoms with Crippen molar-refractivity contribution in [1.29, 1.82) is 0 Å². The van der Waals surface area contributed by atoms with Crippen LogP contribution in [0.4, 0.5) is 0 Å². The van der Waals surface area contributed by atoms with E-state index in [0.717, 1.165) is 64.5 Å². The fourth-order valence-electron chi connectivity index (χ4n) is 5.63. The number of nitrogens with zero attached hydrogens (tertiary/aromatic N) is 2. The van der Waals surface area contributed by atoms with Crippen LogP contribution in [0.25, 0.3) is 0 Å². The van der Waals surface area contributed by atoms with Gasteiger partial charge in [0.25, 0.3) is 0 Å². The molecule has 216 valence electrons. The summed E-state index contributed by atoms with van der Waals surface area (Å²) in [6, 6.07) is 21.1. The van der Waals surface area contributed by atoms with Crippen molar-refractivity contribution in [2.24, 2.45) is 4.99 Å². The van der Waals surface area contributed by atoms with Gasteiger partial charge in [0.15, 0.2) is 27.8 Å². The maximum atomic E-state index is 5.57. The minimum absolute atomic E-state index is 0.0198. The van der Waals surface area contributed by atoms with Crippen molar-refractivity contribution in [2.75, 3.05) is 35.0 Å². The topological polar surface area (TPSA) is 54.2 Å². The molecule has 0 saturated heterocycles. The molecule has 41 heavy (non-hydrogen) atoms. The van der Waals surface area contributed by atoms with Gasteiger partial charge in [-0.25, -0.2) is 0 Å². The van der Waals surface area contributed by atoms with Gasteiger partial charge in [0.2, 0.25) is 0 Å². The number of hydrogen-bond donors (Lipinski definition) is 0. The first-order valence-electron chi connectivity index (χ1n) is 13.9. The Hall–Kier alpha value is -3.23. The highest BCUT2D eigenvalue weighted by Crippen LogP contribution is 2.49. The summed E-state index contributed by atoms with van der Waals surface area (Å²) in [5.41, 5.74) is 5.13. The van der Waals surface area contributed by atoms with Crippen molar-refractivity contribution in [3.05, 3.63) is 97.7 Å². The normalized spacial score (nSPS) is 14.4. The fraction of sp³-hybridized carbons (Fsp3) is 0.364. The molecule has 0 atom stereocenters. The zero-order valence-corrected chi connectivity index (χ0v) is 26.5. The maximum absolute atomic E-state index is 5.57. The molecule has 1 aliphatic rings. The van der Waals surface area contributed by atoms with E-state index in [0.29, 0.717) is 6.54 Å². The van der Waals surface area contributed by atoms with E-state index in [2.05, 4.69) is 68.3 Å². The van der Waals surface area contributed by atoms with E-state index in [1.54, 1.807) is 39.8 Å². The van der Waals surface area contributed by atoms with E-state index >= 15 is 0 Å². The summed E-state index contributed by atoms with van der Waals surface area (Å²) < 4.78 is 25.5. The van der Waals surface area contributed by atoms with Gasteiger partial charge in [0.1, 0.15) is 0 Å². The van der Waals surface area contributed by atoms with Crippen molar-refractivity contribution in [2.45, 2.75) is 44.1 Å². The Balaban J connectivity index is 1.47. The Bertz CT molecular complexity index is 1540. The first-order chi connectivity index (χ1) is 20.0. The number of aromatic nitrogens is 1. The Morgan fingerprint density at radius 1 is 0.780 bits per heavy atom. The average Bonchev–Trinajstić information content (AvgIpc) is 3.38. The van der Waals surface area contributed by atoms with Gasteiger partial charge in [-0.05, 0) is 78.8 Å². The molecule has 1 saturated carbocycles. The van der Waals surface area contributed by atoms with Crippen molar-refractivity contribution in [3.63, 3.8) is 0 Å². The van der Waals surface area contributed by atoms with E-state index in [4.69, 9.17) is 23.9 Å². The predicted octanol–water partition coefficient (Wildman–Crippen LogP) is 7.20. The molecule has 1 aliphatic carbocycles. The van der Waals surface area contributed by atoms with Gasteiger partial charge < -0.3 is 23.5 Å². The van der Waals surface area contributed by atoms with Gasteiger partial charge in [0, 0.05) is 34.1 Å². The molecule has 1 heterocycles. The largest absolute Gasteiger partial charge is 0.493 e. The van der Waals surface area contributed by atoms with Crippen LogP contribution < -0.4 is 23.7 Å². The van der Waals surface area contributed by atoms with Crippen molar-refractivity contribution in [3.8, 4) is 23.0 Å². The van der Waals surface area contributed by atoms with Gasteiger partial charge in [-0.15, -0.1) is 11.3 Å². The lowest BCUT2D eigenvalue weighted by molar-refractivity contribution is 0.282.